The topological polar surface area (TPSA) is 117 Å². The van der Waals surface area contributed by atoms with Crippen molar-refractivity contribution in [2.75, 3.05) is 5.32 Å². The Labute approximate surface area is 170 Å². The molecule has 3 N–H and O–H groups in total. The smallest absolute Gasteiger partial charge is 0.271 e. The molecule has 0 saturated carbocycles. The quantitative estimate of drug-likeness (QED) is 0.238. The zero-order valence-electron chi connectivity index (χ0n) is 15.5. The largest absolute Gasteiger partial charge is 0.506 e. The Kier molecular flexibility index (Phi) is 6.33. The lowest BCUT2D eigenvalue weighted by Crippen LogP contribution is -2.30. The molecule has 1 atom stereocenters. The molecule has 0 heterocycles. The molecule has 3 rings (SSSR count). The summed E-state index contributed by atoms with van der Waals surface area (Å²) in [6.07, 6.45) is 1.35. The van der Waals surface area contributed by atoms with Gasteiger partial charge in [0.15, 0.2) is 0 Å². The number of rotatable bonds is 7. The number of phenolic OH excluding ortho intramolecular Hbond substituents is 1. The molecule has 0 aliphatic heterocycles. The molecule has 3 aromatic rings. The zero-order valence-corrected chi connectivity index (χ0v) is 15.5. The lowest BCUT2D eigenvalue weighted by molar-refractivity contribution is -0.384. The van der Waals surface area contributed by atoms with Crippen molar-refractivity contribution in [3.8, 4) is 5.75 Å². The number of hydrogen-bond acceptors (Lipinski definition) is 6. The highest BCUT2D eigenvalue weighted by atomic mass is 19.1. The number of nitrogens with zero attached hydrogens (tertiary/aromatic N) is 2. The van der Waals surface area contributed by atoms with Gasteiger partial charge in [-0.05, 0) is 29.3 Å². The number of nitro benzene ring substituents is 1. The summed E-state index contributed by atoms with van der Waals surface area (Å²) < 4.78 is 13.0. The van der Waals surface area contributed by atoms with E-state index < -0.39 is 16.9 Å². The molecule has 0 aliphatic rings. The fraction of sp³-hybridized carbons (Fsp3) is 0.0476. The molecule has 1 unspecified atom stereocenters. The van der Waals surface area contributed by atoms with E-state index in [0.717, 1.165) is 12.1 Å². The van der Waals surface area contributed by atoms with Crippen LogP contribution in [-0.4, -0.2) is 22.2 Å². The summed E-state index contributed by atoms with van der Waals surface area (Å²) >= 11 is 0. The van der Waals surface area contributed by atoms with Crippen LogP contribution in [-0.2, 0) is 4.79 Å². The Morgan fingerprint density at radius 3 is 2.47 bits per heavy atom. The highest BCUT2D eigenvalue weighted by Gasteiger charge is 2.22. The molecular weight excluding hydrogens is 391 g/mol. The molecule has 9 heteroatoms. The van der Waals surface area contributed by atoms with E-state index in [1.807, 2.05) is 0 Å². The molecule has 0 aliphatic carbocycles. The zero-order chi connectivity index (χ0) is 21.5. The molecule has 1 amide bonds. The van der Waals surface area contributed by atoms with Crippen molar-refractivity contribution in [1.82, 2.24) is 5.43 Å². The molecule has 0 radical (unpaired) electrons. The van der Waals surface area contributed by atoms with Gasteiger partial charge in [0.1, 0.15) is 17.6 Å². The van der Waals surface area contributed by atoms with Crippen LogP contribution in [0.25, 0.3) is 0 Å². The fourth-order valence-corrected chi connectivity index (χ4v) is 2.64. The second-order valence-corrected chi connectivity index (χ2v) is 6.23. The number of aromatic hydroxyl groups is 1. The van der Waals surface area contributed by atoms with Crippen molar-refractivity contribution in [1.29, 1.82) is 0 Å². The number of non-ortho nitro benzene ring substituents is 1. The number of phenols is 1. The highest BCUT2D eigenvalue weighted by Crippen LogP contribution is 2.31. The maximum absolute atomic E-state index is 13.0. The summed E-state index contributed by atoms with van der Waals surface area (Å²) in [5, 5.41) is 27.8. The summed E-state index contributed by atoms with van der Waals surface area (Å²) in [7, 11) is 0. The van der Waals surface area contributed by atoms with E-state index in [4.69, 9.17) is 0 Å². The number of nitro groups is 1. The molecular formula is C21H17FN4O4. The van der Waals surface area contributed by atoms with Gasteiger partial charge in [-0.3, -0.25) is 14.9 Å². The van der Waals surface area contributed by atoms with Crippen LogP contribution in [0, 0.1) is 15.9 Å². The van der Waals surface area contributed by atoms with E-state index >= 15 is 0 Å². The standard InChI is InChI=1S/C21H17FN4O4/c22-16-8-6-14(7-9-16)13-23-25-21(28)20(15-4-2-1-3-5-15)24-18-12-17(26(29)30)10-11-19(18)27/h1-13,20,24,27H,(H,25,28)/b23-13+. The Balaban J connectivity index is 1.82. The second kappa shape index (κ2) is 9.28. The number of carbonyl (C=O) groups is 1. The summed E-state index contributed by atoms with van der Waals surface area (Å²) in [6.45, 7) is 0. The number of nitrogens with one attached hydrogen (secondary N) is 2. The summed E-state index contributed by atoms with van der Waals surface area (Å²) in [5.41, 5.74) is 3.30. The SMILES string of the molecule is O=C(N/N=C/c1ccc(F)cc1)C(Nc1cc([N+](=O)[O-])ccc1O)c1ccccc1. The number of anilines is 1. The van der Waals surface area contributed by atoms with E-state index in [9.17, 15) is 24.4 Å². The lowest BCUT2D eigenvalue weighted by Gasteiger charge is -2.19. The van der Waals surface area contributed by atoms with Crippen LogP contribution in [0.5, 0.6) is 5.75 Å². The van der Waals surface area contributed by atoms with E-state index in [-0.39, 0.29) is 22.9 Å². The average Bonchev–Trinajstić information content (AvgIpc) is 2.75. The molecule has 8 nitrogen and oxygen atoms in total. The van der Waals surface area contributed by atoms with Gasteiger partial charge in [0, 0.05) is 12.1 Å². The van der Waals surface area contributed by atoms with Gasteiger partial charge in [0.05, 0.1) is 16.8 Å². The number of benzene rings is 3. The predicted octanol–water partition coefficient (Wildman–Crippen LogP) is 3.74. The van der Waals surface area contributed by atoms with Crippen molar-refractivity contribution < 1.29 is 19.2 Å². The summed E-state index contributed by atoms with van der Waals surface area (Å²) in [6, 6.07) is 16.6. The van der Waals surface area contributed by atoms with Crippen LogP contribution in [0.4, 0.5) is 15.8 Å². The summed E-state index contributed by atoms with van der Waals surface area (Å²) in [4.78, 5) is 23.2. The van der Waals surface area contributed by atoms with E-state index in [2.05, 4.69) is 15.8 Å². The Morgan fingerprint density at radius 1 is 1.10 bits per heavy atom. The Bertz CT molecular complexity index is 1070. The van der Waals surface area contributed by atoms with Crippen LogP contribution in [0.2, 0.25) is 0 Å². The fourth-order valence-electron chi connectivity index (χ4n) is 2.64. The van der Waals surface area contributed by atoms with Gasteiger partial charge >= 0.3 is 0 Å². The number of amides is 1. The first kappa shape index (κ1) is 20.5. The van der Waals surface area contributed by atoms with Crippen molar-refractivity contribution in [3.05, 3.63) is 99.9 Å². The molecule has 152 valence electrons. The van der Waals surface area contributed by atoms with E-state index in [1.54, 1.807) is 30.3 Å². The van der Waals surface area contributed by atoms with Crippen LogP contribution < -0.4 is 10.7 Å². The third kappa shape index (κ3) is 5.16. The molecule has 0 aromatic heterocycles. The first-order valence-corrected chi connectivity index (χ1v) is 8.81. The van der Waals surface area contributed by atoms with E-state index in [1.165, 1.54) is 36.5 Å². The molecule has 0 fully saturated rings. The number of hydrazone groups is 1. The first-order valence-electron chi connectivity index (χ1n) is 8.81. The Hall–Kier alpha value is -4.27. The van der Waals surface area contributed by atoms with Gasteiger partial charge in [-0.1, -0.05) is 42.5 Å². The monoisotopic (exact) mass is 408 g/mol. The predicted molar refractivity (Wildman–Crippen MR) is 110 cm³/mol. The van der Waals surface area contributed by atoms with Crippen molar-refractivity contribution in [3.63, 3.8) is 0 Å². The maximum Gasteiger partial charge on any atom is 0.271 e. The number of carbonyl (C=O) groups excluding carboxylic acids is 1. The minimum atomic E-state index is -0.996. The van der Waals surface area contributed by atoms with Crippen LogP contribution in [0.3, 0.4) is 0 Å². The first-order chi connectivity index (χ1) is 14.4. The minimum Gasteiger partial charge on any atom is -0.506 e. The molecule has 0 saturated heterocycles. The van der Waals surface area contributed by atoms with Gasteiger partial charge in [-0.2, -0.15) is 5.10 Å². The number of hydrogen-bond donors (Lipinski definition) is 3. The van der Waals surface area contributed by atoms with Crippen LogP contribution >= 0.6 is 0 Å². The molecule has 3 aromatic carbocycles. The van der Waals surface area contributed by atoms with Crippen molar-refractivity contribution >= 4 is 23.5 Å². The highest BCUT2D eigenvalue weighted by molar-refractivity contribution is 5.88. The Morgan fingerprint density at radius 2 is 1.80 bits per heavy atom. The molecule has 0 bridgehead atoms. The van der Waals surface area contributed by atoms with E-state index in [0.29, 0.717) is 11.1 Å². The number of halogens is 1. The van der Waals surface area contributed by atoms with Gasteiger partial charge in [-0.15, -0.1) is 0 Å². The van der Waals surface area contributed by atoms with Gasteiger partial charge in [0.25, 0.3) is 11.6 Å². The van der Waals surface area contributed by atoms with Crippen LogP contribution in [0.1, 0.15) is 17.2 Å². The van der Waals surface area contributed by atoms with Crippen molar-refractivity contribution in [2.24, 2.45) is 5.10 Å². The van der Waals surface area contributed by atoms with Gasteiger partial charge in [0.2, 0.25) is 0 Å². The third-order valence-electron chi connectivity index (χ3n) is 4.14. The van der Waals surface area contributed by atoms with Gasteiger partial charge < -0.3 is 10.4 Å². The molecule has 30 heavy (non-hydrogen) atoms. The second-order valence-electron chi connectivity index (χ2n) is 6.23. The lowest BCUT2D eigenvalue weighted by atomic mass is 10.1. The van der Waals surface area contributed by atoms with Crippen LogP contribution in [0.15, 0.2) is 77.9 Å². The summed E-state index contributed by atoms with van der Waals surface area (Å²) in [5.74, 6) is -1.20. The van der Waals surface area contributed by atoms with Gasteiger partial charge in [-0.25, -0.2) is 9.82 Å². The van der Waals surface area contributed by atoms with Crippen molar-refractivity contribution in [2.45, 2.75) is 6.04 Å². The maximum atomic E-state index is 13.0. The minimum absolute atomic E-state index is 0.0238. The average molecular weight is 408 g/mol. The third-order valence-corrected chi connectivity index (χ3v) is 4.14. The molecule has 0 spiro atoms. The normalized spacial score (nSPS) is 11.8.